The van der Waals surface area contributed by atoms with Gasteiger partial charge in [0.2, 0.25) is 0 Å². The lowest BCUT2D eigenvalue weighted by Crippen LogP contribution is -2.37. The number of amidine groups is 1. The van der Waals surface area contributed by atoms with Crippen molar-refractivity contribution in [2.75, 3.05) is 0 Å². The van der Waals surface area contributed by atoms with Gasteiger partial charge in [-0.3, -0.25) is 9.78 Å². The quantitative estimate of drug-likeness (QED) is 0.340. The summed E-state index contributed by atoms with van der Waals surface area (Å²) in [6.07, 6.45) is 3.02. The van der Waals surface area contributed by atoms with Crippen molar-refractivity contribution >= 4 is 27.7 Å². The minimum Gasteiger partial charge on any atom is -0.409 e. The SMILES string of the molecule is N/C(=N\O)C(NC(=O)c1cncc(Br)c1)c1ccccc1. The number of pyridine rings is 1. The zero-order chi connectivity index (χ0) is 15.2. The molecule has 0 aliphatic carbocycles. The molecular formula is C14H13BrN4O2. The molecule has 108 valence electrons. The Morgan fingerprint density at radius 2 is 2.05 bits per heavy atom. The number of nitrogens with two attached hydrogens (primary N) is 1. The van der Waals surface area contributed by atoms with E-state index in [2.05, 4.69) is 31.4 Å². The summed E-state index contributed by atoms with van der Waals surface area (Å²) in [6, 6.07) is 9.93. The van der Waals surface area contributed by atoms with Crippen LogP contribution in [0.15, 0.2) is 58.4 Å². The minimum atomic E-state index is -0.720. The molecule has 0 aliphatic heterocycles. The molecule has 1 aromatic carbocycles. The average molecular weight is 349 g/mol. The Hall–Kier alpha value is -2.41. The third kappa shape index (κ3) is 3.79. The average Bonchev–Trinajstić information content (AvgIpc) is 2.52. The number of aromatic nitrogens is 1. The van der Waals surface area contributed by atoms with Crippen LogP contribution in [0.3, 0.4) is 0 Å². The number of nitrogens with zero attached hydrogens (tertiary/aromatic N) is 2. The first kappa shape index (κ1) is 15.0. The molecule has 1 unspecified atom stereocenters. The molecule has 0 radical (unpaired) electrons. The highest BCUT2D eigenvalue weighted by atomic mass is 79.9. The number of carbonyl (C=O) groups excluding carboxylic acids is 1. The zero-order valence-corrected chi connectivity index (χ0v) is 12.5. The van der Waals surface area contributed by atoms with Gasteiger partial charge < -0.3 is 16.3 Å². The third-order valence-corrected chi connectivity index (χ3v) is 3.22. The molecular weight excluding hydrogens is 336 g/mol. The second-order valence-electron chi connectivity index (χ2n) is 4.23. The van der Waals surface area contributed by atoms with Crippen molar-refractivity contribution in [3.63, 3.8) is 0 Å². The van der Waals surface area contributed by atoms with Crippen LogP contribution in [-0.2, 0) is 0 Å². The number of benzene rings is 1. The summed E-state index contributed by atoms with van der Waals surface area (Å²) in [5, 5.41) is 14.6. The van der Waals surface area contributed by atoms with Crippen LogP contribution in [-0.4, -0.2) is 21.9 Å². The number of oxime groups is 1. The van der Waals surface area contributed by atoms with E-state index < -0.39 is 6.04 Å². The van der Waals surface area contributed by atoms with E-state index in [0.717, 1.165) is 0 Å². The fraction of sp³-hybridized carbons (Fsp3) is 0.0714. The second kappa shape index (κ2) is 6.85. The van der Waals surface area contributed by atoms with Gasteiger partial charge in [-0.25, -0.2) is 0 Å². The van der Waals surface area contributed by atoms with Gasteiger partial charge in [0.25, 0.3) is 5.91 Å². The monoisotopic (exact) mass is 348 g/mol. The Morgan fingerprint density at radius 3 is 2.67 bits per heavy atom. The summed E-state index contributed by atoms with van der Waals surface area (Å²) in [4.78, 5) is 16.2. The number of hydrogen-bond acceptors (Lipinski definition) is 4. The molecule has 1 atom stereocenters. The Balaban J connectivity index is 2.26. The summed E-state index contributed by atoms with van der Waals surface area (Å²) >= 11 is 3.25. The van der Waals surface area contributed by atoms with Crippen LogP contribution < -0.4 is 11.1 Å². The first-order chi connectivity index (χ1) is 10.1. The first-order valence-electron chi connectivity index (χ1n) is 6.05. The summed E-state index contributed by atoms with van der Waals surface area (Å²) in [6.45, 7) is 0. The van der Waals surface area contributed by atoms with Crippen molar-refractivity contribution in [3.05, 3.63) is 64.4 Å². The van der Waals surface area contributed by atoms with E-state index in [1.807, 2.05) is 6.07 Å². The van der Waals surface area contributed by atoms with E-state index in [9.17, 15) is 4.79 Å². The molecule has 0 saturated carbocycles. The predicted molar refractivity (Wildman–Crippen MR) is 82.0 cm³/mol. The van der Waals surface area contributed by atoms with Crippen molar-refractivity contribution in [1.82, 2.24) is 10.3 Å². The van der Waals surface area contributed by atoms with Crippen LogP contribution in [0.1, 0.15) is 22.0 Å². The minimum absolute atomic E-state index is 0.0995. The van der Waals surface area contributed by atoms with Gasteiger partial charge >= 0.3 is 0 Å². The van der Waals surface area contributed by atoms with Crippen LogP contribution in [0.4, 0.5) is 0 Å². The maximum Gasteiger partial charge on any atom is 0.253 e. The van der Waals surface area contributed by atoms with E-state index in [-0.39, 0.29) is 11.7 Å². The lowest BCUT2D eigenvalue weighted by molar-refractivity contribution is 0.0945. The lowest BCUT2D eigenvalue weighted by atomic mass is 10.1. The Labute approximate surface area is 129 Å². The van der Waals surface area contributed by atoms with Crippen LogP contribution >= 0.6 is 15.9 Å². The second-order valence-corrected chi connectivity index (χ2v) is 5.15. The molecule has 7 heteroatoms. The van der Waals surface area contributed by atoms with Crippen LogP contribution in [0.25, 0.3) is 0 Å². The number of carbonyl (C=O) groups is 1. The fourth-order valence-electron chi connectivity index (χ4n) is 1.78. The molecule has 0 fully saturated rings. The molecule has 2 rings (SSSR count). The molecule has 1 amide bonds. The van der Waals surface area contributed by atoms with Gasteiger partial charge in [-0.1, -0.05) is 35.5 Å². The Bertz CT molecular complexity index is 661. The van der Waals surface area contributed by atoms with E-state index in [0.29, 0.717) is 15.6 Å². The summed E-state index contributed by atoms with van der Waals surface area (Å²) in [5.41, 5.74) is 6.75. The summed E-state index contributed by atoms with van der Waals surface area (Å²) in [5.74, 6) is -0.471. The van der Waals surface area contributed by atoms with Crippen LogP contribution in [0, 0.1) is 0 Å². The van der Waals surface area contributed by atoms with E-state index in [1.165, 1.54) is 6.20 Å². The maximum atomic E-state index is 12.2. The van der Waals surface area contributed by atoms with Gasteiger partial charge in [-0.05, 0) is 27.6 Å². The van der Waals surface area contributed by atoms with Gasteiger partial charge in [0.05, 0.1) is 5.56 Å². The standard InChI is InChI=1S/C14H13BrN4O2/c15-11-6-10(7-17-8-11)14(20)18-12(13(16)19-21)9-4-2-1-3-5-9/h1-8,12,21H,(H2,16,19)(H,18,20). The van der Waals surface area contributed by atoms with Gasteiger partial charge in [0.15, 0.2) is 5.84 Å². The zero-order valence-electron chi connectivity index (χ0n) is 10.9. The number of halogens is 1. The van der Waals surface area contributed by atoms with E-state index in [4.69, 9.17) is 10.9 Å². The number of rotatable bonds is 4. The van der Waals surface area contributed by atoms with Crippen molar-refractivity contribution < 1.29 is 10.0 Å². The van der Waals surface area contributed by atoms with Crippen molar-refractivity contribution in [2.24, 2.45) is 10.9 Å². The molecule has 1 heterocycles. The highest BCUT2D eigenvalue weighted by molar-refractivity contribution is 9.10. The molecule has 0 aliphatic rings. The molecule has 2 aromatic rings. The molecule has 0 saturated heterocycles. The van der Waals surface area contributed by atoms with Gasteiger partial charge in [0, 0.05) is 16.9 Å². The first-order valence-corrected chi connectivity index (χ1v) is 6.85. The smallest absolute Gasteiger partial charge is 0.253 e. The highest BCUT2D eigenvalue weighted by Crippen LogP contribution is 2.15. The topological polar surface area (TPSA) is 101 Å². The van der Waals surface area contributed by atoms with Crippen LogP contribution in [0.5, 0.6) is 0 Å². The lowest BCUT2D eigenvalue weighted by Gasteiger charge is -2.17. The van der Waals surface area contributed by atoms with E-state index in [1.54, 1.807) is 36.5 Å². The molecule has 21 heavy (non-hydrogen) atoms. The molecule has 0 bridgehead atoms. The normalized spacial score (nSPS) is 12.7. The number of amides is 1. The Morgan fingerprint density at radius 1 is 1.33 bits per heavy atom. The van der Waals surface area contributed by atoms with Crippen LogP contribution in [0.2, 0.25) is 0 Å². The number of nitrogens with one attached hydrogen (secondary N) is 1. The van der Waals surface area contributed by atoms with Gasteiger partial charge in [0.1, 0.15) is 6.04 Å². The molecule has 6 nitrogen and oxygen atoms in total. The predicted octanol–water partition coefficient (Wildman–Crippen LogP) is 2.06. The summed E-state index contributed by atoms with van der Waals surface area (Å²) < 4.78 is 0.690. The maximum absolute atomic E-state index is 12.2. The largest absolute Gasteiger partial charge is 0.409 e. The Kier molecular flexibility index (Phi) is 4.89. The molecule has 0 spiro atoms. The van der Waals surface area contributed by atoms with Gasteiger partial charge in [-0.2, -0.15) is 0 Å². The van der Waals surface area contributed by atoms with Crippen molar-refractivity contribution in [2.45, 2.75) is 6.04 Å². The summed E-state index contributed by atoms with van der Waals surface area (Å²) in [7, 11) is 0. The third-order valence-electron chi connectivity index (χ3n) is 2.79. The van der Waals surface area contributed by atoms with E-state index >= 15 is 0 Å². The fourth-order valence-corrected chi connectivity index (χ4v) is 2.15. The number of hydrogen-bond donors (Lipinski definition) is 3. The van der Waals surface area contributed by atoms with Gasteiger partial charge in [-0.15, -0.1) is 0 Å². The highest BCUT2D eigenvalue weighted by Gasteiger charge is 2.20. The van der Waals surface area contributed by atoms with Crippen molar-refractivity contribution in [1.29, 1.82) is 0 Å². The molecule has 4 N–H and O–H groups in total. The van der Waals surface area contributed by atoms with Crippen molar-refractivity contribution in [3.8, 4) is 0 Å². The molecule has 1 aromatic heterocycles.